The first-order valence-corrected chi connectivity index (χ1v) is 15.4. The van der Waals surface area contributed by atoms with Gasteiger partial charge in [-0.25, -0.2) is 0 Å². The Balaban J connectivity index is 1.77. The Kier molecular flexibility index (Phi) is 7.94. The van der Waals surface area contributed by atoms with E-state index in [0.717, 1.165) is 0 Å². The number of carbonyl (C=O) groups is 2. The number of carbonyl (C=O) groups excluding carboxylic acids is 2. The highest BCUT2D eigenvalue weighted by molar-refractivity contribution is 7.89. The number of ketones is 1. The average molecular weight is 525 g/mol. The van der Waals surface area contributed by atoms with E-state index < -0.39 is 21.3 Å². The molecular formula is C32H30O3P2. The van der Waals surface area contributed by atoms with E-state index in [4.69, 9.17) is 4.74 Å². The quantitative estimate of drug-likeness (QED) is 0.165. The summed E-state index contributed by atoms with van der Waals surface area (Å²) in [4.78, 5) is 26.5. The number of ether oxygens (including phenoxy) is 1. The van der Waals surface area contributed by atoms with Gasteiger partial charge in [-0.3, -0.25) is 9.59 Å². The highest BCUT2D eigenvalue weighted by Crippen LogP contribution is 2.60. The van der Waals surface area contributed by atoms with Crippen molar-refractivity contribution in [1.82, 2.24) is 0 Å². The van der Waals surface area contributed by atoms with Crippen LogP contribution in [0.3, 0.4) is 0 Å². The summed E-state index contributed by atoms with van der Waals surface area (Å²) >= 11 is 0. The smallest absolute Gasteiger partial charge is 0.319 e. The molecule has 37 heavy (non-hydrogen) atoms. The second-order valence-corrected chi connectivity index (χ2v) is 14.5. The summed E-state index contributed by atoms with van der Waals surface area (Å²) in [6.45, 7) is 1.86. The predicted molar refractivity (Wildman–Crippen MR) is 155 cm³/mol. The van der Waals surface area contributed by atoms with Crippen molar-refractivity contribution in [3.8, 4) is 0 Å². The first kappa shape index (κ1) is 25.5. The van der Waals surface area contributed by atoms with Crippen molar-refractivity contribution in [2.45, 2.75) is 25.2 Å². The van der Waals surface area contributed by atoms with Crippen LogP contribution in [-0.2, 0) is 14.3 Å². The van der Waals surface area contributed by atoms with Gasteiger partial charge in [0.2, 0.25) is 0 Å². The Morgan fingerprint density at radius 3 is 1.32 bits per heavy atom. The third-order valence-electron chi connectivity index (χ3n) is 7.09. The molecule has 3 nitrogen and oxygen atoms in total. The lowest BCUT2D eigenvalue weighted by Crippen LogP contribution is -2.40. The molecule has 0 radical (unpaired) electrons. The molecule has 0 amide bonds. The van der Waals surface area contributed by atoms with Crippen molar-refractivity contribution in [2.24, 2.45) is 5.41 Å². The van der Waals surface area contributed by atoms with E-state index in [9.17, 15) is 9.59 Å². The van der Waals surface area contributed by atoms with Gasteiger partial charge in [0.25, 0.3) is 0 Å². The largest absolute Gasteiger partial charge is 0.465 e. The molecule has 1 heterocycles. The number of esters is 1. The lowest BCUT2D eigenvalue weighted by Gasteiger charge is -2.39. The molecular weight excluding hydrogens is 494 g/mol. The van der Waals surface area contributed by atoms with Crippen LogP contribution in [0.25, 0.3) is 0 Å². The molecule has 1 saturated heterocycles. The lowest BCUT2D eigenvalue weighted by atomic mass is 9.80. The van der Waals surface area contributed by atoms with Gasteiger partial charge in [0.1, 0.15) is 11.2 Å². The van der Waals surface area contributed by atoms with Crippen LogP contribution in [0.2, 0.25) is 0 Å². The molecule has 1 unspecified atom stereocenters. The van der Waals surface area contributed by atoms with Gasteiger partial charge < -0.3 is 4.74 Å². The third kappa shape index (κ3) is 5.30. The van der Waals surface area contributed by atoms with Crippen LogP contribution in [0.4, 0.5) is 0 Å². The van der Waals surface area contributed by atoms with Gasteiger partial charge in [-0.15, -0.1) is 0 Å². The summed E-state index contributed by atoms with van der Waals surface area (Å²) in [5.41, 5.74) is -1.11. The van der Waals surface area contributed by atoms with Crippen molar-refractivity contribution in [3.63, 3.8) is 0 Å². The molecule has 1 atom stereocenters. The maximum absolute atomic E-state index is 13.2. The molecule has 1 aliphatic heterocycles. The Hall–Kier alpha value is -3.12. The summed E-state index contributed by atoms with van der Waals surface area (Å²) in [6, 6.07) is 42.4. The van der Waals surface area contributed by atoms with Crippen LogP contribution in [-0.4, -0.2) is 23.8 Å². The third-order valence-corrected chi connectivity index (χ3v) is 13.5. The monoisotopic (exact) mass is 524 g/mol. The fraction of sp³-hybridized carbons (Fsp3) is 0.188. The fourth-order valence-corrected chi connectivity index (χ4v) is 12.6. The first-order chi connectivity index (χ1) is 18.1. The average Bonchev–Trinajstić information content (AvgIpc) is 3.32. The number of cyclic esters (lactones) is 1. The number of benzene rings is 4. The van der Waals surface area contributed by atoms with Crippen molar-refractivity contribution in [1.29, 1.82) is 0 Å². The van der Waals surface area contributed by atoms with Crippen molar-refractivity contribution in [2.75, 3.05) is 6.61 Å². The number of rotatable bonds is 9. The molecule has 0 spiro atoms. The molecule has 0 aromatic heterocycles. The van der Waals surface area contributed by atoms with Crippen LogP contribution in [0, 0.1) is 5.41 Å². The highest BCUT2D eigenvalue weighted by atomic mass is 31.2. The van der Waals surface area contributed by atoms with Gasteiger partial charge in [-0.1, -0.05) is 121 Å². The molecule has 5 heteroatoms. The zero-order valence-corrected chi connectivity index (χ0v) is 22.7. The van der Waals surface area contributed by atoms with E-state index in [1.165, 1.54) is 21.2 Å². The van der Waals surface area contributed by atoms with Crippen LogP contribution in [0.5, 0.6) is 0 Å². The van der Waals surface area contributed by atoms with Crippen LogP contribution < -0.4 is 21.2 Å². The molecule has 4 aromatic rings. The molecule has 0 bridgehead atoms. The van der Waals surface area contributed by atoms with E-state index in [2.05, 4.69) is 97.1 Å². The molecule has 4 aromatic carbocycles. The molecule has 0 saturated carbocycles. The van der Waals surface area contributed by atoms with Crippen LogP contribution in [0.1, 0.15) is 19.8 Å². The minimum Gasteiger partial charge on any atom is -0.465 e. The maximum Gasteiger partial charge on any atom is 0.319 e. The molecule has 0 N–H and O–H groups in total. The van der Waals surface area contributed by atoms with Crippen LogP contribution >= 0.6 is 15.8 Å². The summed E-state index contributed by atoms with van der Waals surface area (Å²) in [5, 5.41) is 5.03. The van der Waals surface area contributed by atoms with Gasteiger partial charge in [0, 0.05) is 11.8 Å². The van der Waals surface area contributed by atoms with Gasteiger partial charge >= 0.3 is 5.97 Å². The SMILES string of the molecule is CC(=O)C1(CC(P(c2ccccc2)c2ccccc2)P(c2ccccc2)c2ccccc2)CCOC1=O. The summed E-state index contributed by atoms with van der Waals surface area (Å²) in [7, 11) is -1.85. The Morgan fingerprint density at radius 2 is 1.05 bits per heavy atom. The standard InChI is InChI=1S/C32H30O3P2/c1-25(33)32(22-23-35-31(32)34)24-30(36(26-14-6-2-7-15-26)27-16-8-3-9-17-27)37(28-18-10-4-11-19-28)29-20-12-5-13-21-29/h2-21,30H,22-24H2,1H3. The minimum absolute atomic E-state index is 0.0363. The molecule has 1 fully saturated rings. The second kappa shape index (κ2) is 11.5. The van der Waals surface area contributed by atoms with E-state index >= 15 is 0 Å². The van der Waals surface area contributed by atoms with E-state index in [-0.39, 0.29) is 17.2 Å². The number of Topliss-reactive ketones (excluding diaryl/α,β-unsaturated/α-hetero) is 1. The second-order valence-electron chi connectivity index (χ2n) is 9.29. The van der Waals surface area contributed by atoms with Gasteiger partial charge in [0.05, 0.1) is 6.61 Å². The Morgan fingerprint density at radius 1 is 0.703 bits per heavy atom. The molecule has 0 aliphatic carbocycles. The van der Waals surface area contributed by atoms with Gasteiger partial charge in [-0.2, -0.15) is 0 Å². The zero-order valence-electron chi connectivity index (χ0n) is 20.9. The van der Waals surface area contributed by atoms with Crippen molar-refractivity contribution >= 4 is 48.8 Å². The van der Waals surface area contributed by atoms with Crippen LogP contribution in [0.15, 0.2) is 121 Å². The summed E-state index contributed by atoms with van der Waals surface area (Å²) < 4.78 is 5.47. The first-order valence-electron chi connectivity index (χ1n) is 12.6. The van der Waals surface area contributed by atoms with E-state index in [1.54, 1.807) is 6.92 Å². The number of hydrogen-bond donors (Lipinski definition) is 0. The van der Waals surface area contributed by atoms with Crippen molar-refractivity contribution in [3.05, 3.63) is 121 Å². The molecule has 5 rings (SSSR count). The lowest BCUT2D eigenvalue weighted by molar-refractivity contribution is -0.150. The summed E-state index contributed by atoms with van der Waals surface area (Å²) in [5.74, 6) is -0.454. The fourth-order valence-electron chi connectivity index (χ4n) is 5.16. The maximum atomic E-state index is 13.2. The van der Waals surface area contributed by atoms with Crippen molar-refractivity contribution < 1.29 is 14.3 Å². The summed E-state index contributed by atoms with van der Waals surface area (Å²) in [6.07, 6.45) is 0.906. The number of hydrogen-bond acceptors (Lipinski definition) is 3. The minimum atomic E-state index is -1.11. The van der Waals surface area contributed by atoms with Gasteiger partial charge in [0.15, 0.2) is 0 Å². The molecule has 1 aliphatic rings. The topological polar surface area (TPSA) is 43.4 Å². The highest BCUT2D eigenvalue weighted by Gasteiger charge is 2.52. The Labute approximate surface area is 221 Å². The van der Waals surface area contributed by atoms with E-state index in [0.29, 0.717) is 19.4 Å². The normalized spacial score (nSPS) is 17.4. The Bertz CT molecular complexity index is 1170. The zero-order chi connectivity index (χ0) is 25.7. The molecule has 186 valence electrons. The van der Waals surface area contributed by atoms with Gasteiger partial charge in [-0.05, 0) is 50.4 Å². The predicted octanol–water partition coefficient (Wildman–Crippen LogP) is 5.49. The van der Waals surface area contributed by atoms with E-state index in [1.807, 2.05) is 24.3 Å².